The minimum atomic E-state index is 0.0739. The zero-order valence-electron chi connectivity index (χ0n) is 13.1. The molecule has 0 aromatic carbocycles. The van der Waals surface area contributed by atoms with Crippen LogP contribution in [-0.4, -0.2) is 29.6 Å². The van der Waals surface area contributed by atoms with Crippen molar-refractivity contribution >= 4 is 5.91 Å². The van der Waals surface area contributed by atoms with Gasteiger partial charge < -0.3 is 4.90 Å². The molecule has 3 heteroatoms. The van der Waals surface area contributed by atoms with E-state index in [4.69, 9.17) is 0 Å². The van der Waals surface area contributed by atoms with Gasteiger partial charge in [0, 0.05) is 6.54 Å². The lowest BCUT2D eigenvalue weighted by atomic mass is 9.99. The Morgan fingerprint density at radius 3 is 2.55 bits per heavy atom. The number of rotatable bonds is 6. The van der Waals surface area contributed by atoms with E-state index in [9.17, 15) is 4.79 Å². The van der Waals surface area contributed by atoms with Gasteiger partial charge in [-0.1, -0.05) is 46.0 Å². The highest BCUT2D eigenvalue weighted by Crippen LogP contribution is 2.36. The van der Waals surface area contributed by atoms with Crippen LogP contribution in [-0.2, 0) is 4.79 Å². The molecule has 1 heterocycles. The Balaban J connectivity index is 1.68. The molecule has 1 N–H and O–H groups in total. The number of carbonyl (C=O) groups is 1. The van der Waals surface area contributed by atoms with Crippen molar-refractivity contribution in [1.29, 1.82) is 0 Å². The van der Waals surface area contributed by atoms with Gasteiger partial charge in [-0.3, -0.25) is 10.1 Å². The number of amides is 1. The summed E-state index contributed by atoms with van der Waals surface area (Å²) in [7, 11) is 0. The lowest BCUT2D eigenvalue weighted by molar-refractivity contribution is -0.131. The number of hydrogen-bond acceptors (Lipinski definition) is 2. The van der Waals surface area contributed by atoms with Gasteiger partial charge >= 0.3 is 0 Å². The molecule has 0 aromatic rings. The van der Waals surface area contributed by atoms with E-state index in [0.717, 1.165) is 18.9 Å². The van der Waals surface area contributed by atoms with Crippen molar-refractivity contribution in [3.63, 3.8) is 0 Å². The molecule has 114 valence electrons. The maximum Gasteiger partial charge on any atom is 0.241 e. The van der Waals surface area contributed by atoms with Crippen molar-refractivity contribution in [3.8, 4) is 0 Å². The van der Waals surface area contributed by atoms with Crippen molar-refractivity contribution in [2.45, 2.75) is 77.4 Å². The zero-order valence-corrected chi connectivity index (χ0v) is 13.1. The Hall–Kier alpha value is -0.570. The molecule has 3 atom stereocenters. The molecule has 3 unspecified atom stereocenters. The molecule has 0 spiro atoms. The first kappa shape index (κ1) is 14.4. The van der Waals surface area contributed by atoms with Crippen LogP contribution >= 0.6 is 0 Å². The van der Waals surface area contributed by atoms with Crippen molar-refractivity contribution in [3.05, 3.63) is 0 Å². The fourth-order valence-electron chi connectivity index (χ4n) is 3.95. The molecule has 3 nitrogen and oxygen atoms in total. The Morgan fingerprint density at radius 1 is 1.25 bits per heavy atom. The van der Waals surface area contributed by atoms with E-state index in [0.29, 0.717) is 23.9 Å². The van der Waals surface area contributed by atoms with Crippen LogP contribution in [0, 0.1) is 17.8 Å². The summed E-state index contributed by atoms with van der Waals surface area (Å²) >= 11 is 0. The summed E-state index contributed by atoms with van der Waals surface area (Å²) in [6.07, 6.45) is 10.7. The van der Waals surface area contributed by atoms with Crippen LogP contribution in [0.1, 0.15) is 65.2 Å². The van der Waals surface area contributed by atoms with Crippen LogP contribution < -0.4 is 5.32 Å². The van der Waals surface area contributed by atoms with Crippen LogP contribution in [0.15, 0.2) is 0 Å². The zero-order chi connectivity index (χ0) is 14.1. The first-order valence-corrected chi connectivity index (χ1v) is 8.77. The quantitative estimate of drug-likeness (QED) is 0.809. The summed E-state index contributed by atoms with van der Waals surface area (Å²) in [6.45, 7) is 5.40. The lowest BCUT2D eigenvalue weighted by Gasteiger charge is -2.29. The van der Waals surface area contributed by atoms with E-state index in [1.54, 1.807) is 0 Å². The van der Waals surface area contributed by atoms with Gasteiger partial charge in [-0.25, -0.2) is 0 Å². The molecule has 1 saturated heterocycles. The summed E-state index contributed by atoms with van der Waals surface area (Å²) in [5.41, 5.74) is 0. The molecule has 1 aliphatic heterocycles. The predicted molar refractivity (Wildman–Crippen MR) is 81.2 cm³/mol. The summed E-state index contributed by atoms with van der Waals surface area (Å²) < 4.78 is 0. The van der Waals surface area contributed by atoms with Crippen molar-refractivity contribution in [2.75, 3.05) is 6.54 Å². The van der Waals surface area contributed by atoms with Gasteiger partial charge in [0.1, 0.15) is 0 Å². The summed E-state index contributed by atoms with van der Waals surface area (Å²) in [4.78, 5) is 15.0. The molecule has 0 aromatic heterocycles. The lowest BCUT2D eigenvalue weighted by Crippen LogP contribution is -2.43. The number of hydrogen-bond donors (Lipinski definition) is 1. The van der Waals surface area contributed by atoms with Crippen LogP contribution in [0.3, 0.4) is 0 Å². The molecular formula is C17H30N2O. The molecule has 1 amide bonds. The standard InChI is InChI=1S/C17H30N2O/c1-3-12(2)15-17(20)19(11-10-13-8-9-13)16(18-15)14-6-4-5-7-14/h12-16,18H,3-11H2,1-2H3. The maximum absolute atomic E-state index is 12.8. The van der Waals surface area contributed by atoms with E-state index >= 15 is 0 Å². The van der Waals surface area contributed by atoms with E-state index in [1.807, 2.05) is 0 Å². The first-order chi connectivity index (χ1) is 9.70. The average Bonchev–Trinajstić information content (AvgIpc) is 3.00. The van der Waals surface area contributed by atoms with Crippen molar-refractivity contribution in [1.82, 2.24) is 10.2 Å². The van der Waals surface area contributed by atoms with Gasteiger partial charge in [-0.05, 0) is 37.0 Å². The summed E-state index contributed by atoms with van der Waals surface area (Å²) in [5.74, 6) is 2.45. The molecule has 3 fully saturated rings. The largest absolute Gasteiger partial charge is 0.325 e. The smallest absolute Gasteiger partial charge is 0.241 e. The van der Waals surface area contributed by atoms with Crippen molar-refractivity contribution < 1.29 is 4.79 Å². The predicted octanol–water partition coefficient (Wildman–Crippen LogP) is 3.15. The molecular weight excluding hydrogens is 248 g/mol. The van der Waals surface area contributed by atoms with Gasteiger partial charge in [0.15, 0.2) is 0 Å². The van der Waals surface area contributed by atoms with E-state index in [-0.39, 0.29) is 6.04 Å². The number of nitrogens with zero attached hydrogens (tertiary/aromatic N) is 1. The van der Waals surface area contributed by atoms with E-state index in [1.165, 1.54) is 44.9 Å². The normalized spacial score (nSPS) is 33.1. The fourth-order valence-corrected chi connectivity index (χ4v) is 3.95. The second kappa shape index (κ2) is 6.05. The van der Waals surface area contributed by atoms with Gasteiger partial charge in [-0.15, -0.1) is 0 Å². The average molecular weight is 278 g/mol. The Labute approximate surface area is 123 Å². The summed E-state index contributed by atoms with van der Waals surface area (Å²) in [6, 6.07) is 0.0739. The molecule has 3 aliphatic rings. The van der Waals surface area contributed by atoms with Gasteiger partial charge in [0.05, 0.1) is 12.2 Å². The first-order valence-electron chi connectivity index (χ1n) is 8.77. The Bertz CT molecular complexity index is 347. The van der Waals surface area contributed by atoms with E-state index < -0.39 is 0 Å². The molecule has 3 rings (SSSR count). The minimum absolute atomic E-state index is 0.0739. The number of carbonyl (C=O) groups excluding carboxylic acids is 1. The van der Waals surface area contributed by atoms with Gasteiger partial charge in [0.25, 0.3) is 0 Å². The van der Waals surface area contributed by atoms with Crippen LogP contribution in [0.2, 0.25) is 0 Å². The van der Waals surface area contributed by atoms with Crippen LogP contribution in [0.25, 0.3) is 0 Å². The molecule has 0 radical (unpaired) electrons. The third kappa shape index (κ3) is 2.88. The van der Waals surface area contributed by atoms with E-state index in [2.05, 4.69) is 24.1 Å². The SMILES string of the molecule is CCC(C)C1NC(C2CCCC2)N(CCC2CC2)C1=O. The molecule has 20 heavy (non-hydrogen) atoms. The highest BCUT2D eigenvalue weighted by atomic mass is 16.2. The summed E-state index contributed by atoms with van der Waals surface area (Å²) in [5, 5.41) is 3.70. The third-order valence-corrected chi connectivity index (χ3v) is 5.77. The Kier molecular flexibility index (Phi) is 4.34. The van der Waals surface area contributed by atoms with Crippen molar-refractivity contribution in [2.24, 2.45) is 17.8 Å². The monoisotopic (exact) mass is 278 g/mol. The van der Waals surface area contributed by atoms with Crippen LogP contribution in [0.5, 0.6) is 0 Å². The number of nitrogens with one attached hydrogen (secondary N) is 1. The van der Waals surface area contributed by atoms with Crippen LogP contribution in [0.4, 0.5) is 0 Å². The topological polar surface area (TPSA) is 32.3 Å². The van der Waals surface area contributed by atoms with Gasteiger partial charge in [0.2, 0.25) is 5.91 Å². The maximum atomic E-state index is 12.8. The highest BCUT2D eigenvalue weighted by molar-refractivity contribution is 5.84. The second-order valence-corrected chi connectivity index (χ2v) is 7.28. The minimum Gasteiger partial charge on any atom is -0.325 e. The molecule has 2 aliphatic carbocycles. The Morgan fingerprint density at radius 2 is 1.95 bits per heavy atom. The molecule has 2 saturated carbocycles. The third-order valence-electron chi connectivity index (χ3n) is 5.77. The highest BCUT2D eigenvalue weighted by Gasteiger charge is 2.44. The molecule has 0 bridgehead atoms. The van der Waals surface area contributed by atoms with Gasteiger partial charge in [-0.2, -0.15) is 0 Å². The second-order valence-electron chi connectivity index (χ2n) is 7.28. The fraction of sp³-hybridized carbons (Fsp3) is 0.941.